The molecule has 0 aliphatic carbocycles. The van der Waals surface area contributed by atoms with Gasteiger partial charge in [-0.25, -0.2) is 9.97 Å². The number of carbonyl (C=O) groups excluding carboxylic acids is 1. The Morgan fingerprint density at radius 2 is 1.95 bits per heavy atom. The third-order valence-corrected chi connectivity index (χ3v) is 4.17. The lowest BCUT2D eigenvalue weighted by molar-refractivity contribution is -0.135. The SMILES string of the molecule is O=C(C1CCOC1)N1CCN(c2ncc(Br)cn2)CC1. The van der Waals surface area contributed by atoms with Gasteiger partial charge in [-0.1, -0.05) is 0 Å². The number of ether oxygens (including phenoxy) is 1. The topological polar surface area (TPSA) is 58.6 Å². The lowest BCUT2D eigenvalue weighted by Crippen LogP contribution is -2.51. The Balaban J connectivity index is 1.56. The summed E-state index contributed by atoms with van der Waals surface area (Å²) in [6.07, 6.45) is 4.35. The van der Waals surface area contributed by atoms with Crippen LogP contribution >= 0.6 is 15.9 Å². The smallest absolute Gasteiger partial charge is 0.228 e. The Hall–Kier alpha value is -1.21. The summed E-state index contributed by atoms with van der Waals surface area (Å²) in [6.45, 7) is 4.31. The molecule has 0 N–H and O–H groups in total. The first-order chi connectivity index (χ1) is 9.74. The van der Waals surface area contributed by atoms with Crippen LogP contribution in [0, 0.1) is 5.92 Å². The van der Waals surface area contributed by atoms with Crippen molar-refractivity contribution in [2.45, 2.75) is 6.42 Å². The highest BCUT2D eigenvalue weighted by Gasteiger charge is 2.30. The lowest BCUT2D eigenvalue weighted by Gasteiger charge is -2.35. The summed E-state index contributed by atoms with van der Waals surface area (Å²) in [5.74, 6) is 1.02. The van der Waals surface area contributed by atoms with E-state index in [-0.39, 0.29) is 11.8 Å². The Morgan fingerprint density at radius 3 is 2.55 bits per heavy atom. The zero-order valence-corrected chi connectivity index (χ0v) is 12.8. The highest BCUT2D eigenvalue weighted by atomic mass is 79.9. The van der Waals surface area contributed by atoms with Gasteiger partial charge in [0.1, 0.15) is 0 Å². The summed E-state index contributed by atoms with van der Waals surface area (Å²) in [5, 5.41) is 0. The quantitative estimate of drug-likeness (QED) is 0.801. The molecule has 3 heterocycles. The zero-order chi connectivity index (χ0) is 13.9. The summed E-state index contributed by atoms with van der Waals surface area (Å²) in [4.78, 5) is 24.9. The first-order valence-corrected chi connectivity index (χ1v) is 7.62. The Kier molecular flexibility index (Phi) is 4.16. The van der Waals surface area contributed by atoms with Crippen LogP contribution in [0.4, 0.5) is 5.95 Å². The molecule has 0 radical (unpaired) electrons. The number of piperazine rings is 1. The van der Waals surface area contributed by atoms with Gasteiger partial charge in [-0.3, -0.25) is 4.79 Å². The van der Waals surface area contributed by atoms with E-state index in [2.05, 4.69) is 30.8 Å². The van der Waals surface area contributed by atoms with Crippen LogP contribution in [0.25, 0.3) is 0 Å². The van der Waals surface area contributed by atoms with E-state index >= 15 is 0 Å². The number of nitrogens with zero attached hydrogens (tertiary/aromatic N) is 4. The minimum atomic E-state index is 0.0606. The largest absolute Gasteiger partial charge is 0.381 e. The second kappa shape index (κ2) is 6.05. The average molecular weight is 341 g/mol. The average Bonchev–Trinajstić information content (AvgIpc) is 3.02. The Labute approximate surface area is 126 Å². The minimum Gasteiger partial charge on any atom is -0.381 e. The third kappa shape index (κ3) is 2.93. The van der Waals surface area contributed by atoms with Crippen LogP contribution in [0.3, 0.4) is 0 Å². The van der Waals surface area contributed by atoms with Crippen molar-refractivity contribution in [1.29, 1.82) is 0 Å². The summed E-state index contributed by atoms with van der Waals surface area (Å²) < 4.78 is 6.16. The number of hydrogen-bond donors (Lipinski definition) is 0. The number of halogens is 1. The second-order valence-corrected chi connectivity index (χ2v) is 5.99. The molecule has 0 saturated carbocycles. The van der Waals surface area contributed by atoms with Gasteiger partial charge in [0.05, 0.1) is 17.0 Å². The standard InChI is InChI=1S/C13H17BrN4O2/c14-11-7-15-13(16-8-11)18-4-2-17(3-5-18)12(19)10-1-6-20-9-10/h7-8,10H,1-6,9H2. The summed E-state index contributed by atoms with van der Waals surface area (Å²) >= 11 is 3.33. The van der Waals surface area contributed by atoms with Crippen molar-refractivity contribution in [2.24, 2.45) is 5.92 Å². The van der Waals surface area contributed by atoms with E-state index in [0.29, 0.717) is 13.2 Å². The monoisotopic (exact) mass is 340 g/mol. The first-order valence-electron chi connectivity index (χ1n) is 6.83. The Morgan fingerprint density at radius 1 is 1.25 bits per heavy atom. The summed E-state index contributed by atoms with van der Waals surface area (Å²) in [6, 6.07) is 0. The third-order valence-electron chi connectivity index (χ3n) is 3.76. The van der Waals surface area contributed by atoms with Gasteiger partial charge in [0.15, 0.2) is 0 Å². The molecule has 1 atom stereocenters. The number of hydrogen-bond acceptors (Lipinski definition) is 5. The molecule has 20 heavy (non-hydrogen) atoms. The van der Waals surface area contributed by atoms with Crippen LogP contribution in [-0.2, 0) is 9.53 Å². The molecule has 2 saturated heterocycles. The molecule has 3 rings (SSSR count). The van der Waals surface area contributed by atoms with Crippen molar-refractivity contribution in [3.8, 4) is 0 Å². The Bertz CT molecular complexity index is 468. The van der Waals surface area contributed by atoms with E-state index in [4.69, 9.17) is 4.74 Å². The highest BCUT2D eigenvalue weighted by molar-refractivity contribution is 9.10. The maximum absolute atomic E-state index is 12.3. The van der Waals surface area contributed by atoms with Gasteiger partial charge in [0, 0.05) is 45.2 Å². The molecular formula is C13H17BrN4O2. The van der Waals surface area contributed by atoms with Gasteiger partial charge < -0.3 is 14.5 Å². The van der Waals surface area contributed by atoms with Gasteiger partial charge in [0.2, 0.25) is 11.9 Å². The van der Waals surface area contributed by atoms with E-state index in [1.54, 1.807) is 12.4 Å². The number of amides is 1. The van der Waals surface area contributed by atoms with E-state index in [9.17, 15) is 4.79 Å². The fourth-order valence-electron chi connectivity index (χ4n) is 2.58. The maximum Gasteiger partial charge on any atom is 0.228 e. The first kappa shape index (κ1) is 13.8. The van der Waals surface area contributed by atoms with E-state index in [1.165, 1.54) is 0 Å². The second-order valence-electron chi connectivity index (χ2n) is 5.07. The van der Waals surface area contributed by atoms with Crippen molar-refractivity contribution < 1.29 is 9.53 Å². The van der Waals surface area contributed by atoms with Crippen molar-refractivity contribution in [2.75, 3.05) is 44.3 Å². The fraction of sp³-hybridized carbons (Fsp3) is 0.615. The summed E-state index contributed by atoms with van der Waals surface area (Å²) in [7, 11) is 0. The predicted molar refractivity (Wildman–Crippen MR) is 77.5 cm³/mol. The van der Waals surface area contributed by atoms with Crippen molar-refractivity contribution in [3.05, 3.63) is 16.9 Å². The molecular weight excluding hydrogens is 324 g/mol. The molecule has 0 bridgehead atoms. The molecule has 1 aromatic rings. The zero-order valence-electron chi connectivity index (χ0n) is 11.2. The van der Waals surface area contributed by atoms with Gasteiger partial charge in [-0.15, -0.1) is 0 Å². The maximum atomic E-state index is 12.3. The van der Waals surface area contributed by atoms with Crippen LogP contribution in [0.1, 0.15) is 6.42 Å². The van der Waals surface area contributed by atoms with E-state index < -0.39 is 0 Å². The summed E-state index contributed by atoms with van der Waals surface area (Å²) in [5.41, 5.74) is 0. The molecule has 0 spiro atoms. The number of aromatic nitrogens is 2. The molecule has 0 aromatic carbocycles. The molecule has 2 aliphatic heterocycles. The van der Waals surface area contributed by atoms with E-state index in [1.807, 2.05) is 4.90 Å². The van der Waals surface area contributed by atoms with Crippen molar-refractivity contribution in [1.82, 2.24) is 14.9 Å². The number of rotatable bonds is 2. The van der Waals surface area contributed by atoms with Gasteiger partial charge in [0.25, 0.3) is 0 Å². The van der Waals surface area contributed by atoms with Gasteiger partial charge >= 0.3 is 0 Å². The molecule has 2 aliphatic rings. The van der Waals surface area contributed by atoms with Crippen LogP contribution < -0.4 is 4.90 Å². The van der Waals surface area contributed by atoms with E-state index in [0.717, 1.165) is 43.0 Å². The molecule has 1 unspecified atom stereocenters. The minimum absolute atomic E-state index is 0.0606. The predicted octanol–water partition coefficient (Wildman–Crippen LogP) is 0.924. The van der Waals surface area contributed by atoms with Crippen molar-refractivity contribution in [3.63, 3.8) is 0 Å². The van der Waals surface area contributed by atoms with Crippen LogP contribution in [-0.4, -0.2) is 60.2 Å². The lowest BCUT2D eigenvalue weighted by atomic mass is 10.1. The molecule has 7 heteroatoms. The molecule has 6 nitrogen and oxygen atoms in total. The van der Waals surface area contributed by atoms with Crippen molar-refractivity contribution >= 4 is 27.8 Å². The molecule has 2 fully saturated rings. The van der Waals surface area contributed by atoms with Gasteiger partial charge in [-0.05, 0) is 22.4 Å². The normalized spacial score (nSPS) is 23.1. The molecule has 1 amide bonds. The van der Waals surface area contributed by atoms with Crippen LogP contribution in [0.5, 0.6) is 0 Å². The highest BCUT2D eigenvalue weighted by Crippen LogP contribution is 2.18. The molecule has 1 aromatic heterocycles. The number of anilines is 1. The number of carbonyl (C=O) groups is 1. The molecule has 108 valence electrons. The van der Waals surface area contributed by atoms with Gasteiger partial charge in [-0.2, -0.15) is 0 Å². The van der Waals surface area contributed by atoms with Crippen LogP contribution in [0.2, 0.25) is 0 Å². The van der Waals surface area contributed by atoms with Crippen LogP contribution in [0.15, 0.2) is 16.9 Å². The fourth-order valence-corrected chi connectivity index (χ4v) is 2.79.